The number of ketones is 1. The van der Waals surface area contributed by atoms with Crippen LogP contribution in [0.1, 0.15) is 18.5 Å². The average molecular weight is 323 g/mol. The summed E-state index contributed by atoms with van der Waals surface area (Å²) in [4.78, 5) is 25.4. The number of hydrogen-bond acceptors (Lipinski definition) is 4. The lowest BCUT2D eigenvalue weighted by Gasteiger charge is -2.26. The second kappa shape index (κ2) is 7.34. The van der Waals surface area contributed by atoms with Crippen LogP contribution in [0.3, 0.4) is 0 Å². The third-order valence-corrected chi connectivity index (χ3v) is 3.79. The van der Waals surface area contributed by atoms with Crippen LogP contribution in [0.4, 0.5) is 4.39 Å². The third-order valence-electron chi connectivity index (χ3n) is 3.79. The van der Waals surface area contributed by atoms with Gasteiger partial charge in [0.05, 0.1) is 37.9 Å². The molecule has 1 aromatic rings. The Hall–Kier alpha value is -2.25. The summed E-state index contributed by atoms with van der Waals surface area (Å²) in [5, 5.41) is 20.6. The van der Waals surface area contributed by atoms with Gasteiger partial charge in [-0.05, 0) is 13.0 Å². The van der Waals surface area contributed by atoms with Crippen molar-refractivity contribution in [1.29, 1.82) is 0 Å². The lowest BCUT2D eigenvalue weighted by Crippen LogP contribution is -2.86. The zero-order valence-corrected chi connectivity index (χ0v) is 12.8. The Balaban J connectivity index is 2.35. The fraction of sp³-hybridized carbons (Fsp3) is 0.375. The number of benzene rings is 1. The molecule has 0 bridgehead atoms. The van der Waals surface area contributed by atoms with Crippen LogP contribution in [0.25, 0.3) is 0 Å². The highest BCUT2D eigenvalue weighted by Crippen LogP contribution is 2.38. The number of nitrogens with two attached hydrogens (primary N) is 1. The molecule has 2 rings (SSSR count). The van der Waals surface area contributed by atoms with E-state index in [9.17, 15) is 19.1 Å². The Morgan fingerprint density at radius 2 is 2.04 bits per heavy atom. The molecule has 0 fully saturated rings. The van der Waals surface area contributed by atoms with E-state index in [1.165, 1.54) is 30.0 Å². The van der Waals surface area contributed by atoms with Gasteiger partial charge in [0.25, 0.3) is 5.91 Å². The van der Waals surface area contributed by atoms with Gasteiger partial charge in [-0.1, -0.05) is 18.2 Å². The largest absolute Gasteiger partial charge is 0.503 e. The third kappa shape index (κ3) is 3.40. The van der Waals surface area contributed by atoms with E-state index in [0.29, 0.717) is 13.1 Å². The van der Waals surface area contributed by atoms with Crippen LogP contribution in [-0.2, 0) is 9.59 Å². The van der Waals surface area contributed by atoms with Gasteiger partial charge in [0.15, 0.2) is 11.5 Å². The topological polar surface area (TPSA) is 94.5 Å². The molecule has 124 valence electrons. The summed E-state index contributed by atoms with van der Waals surface area (Å²) in [6, 6.07) is 4.96. The zero-order chi connectivity index (χ0) is 17.0. The maximum absolute atomic E-state index is 14.2. The molecule has 1 amide bonds. The number of halogens is 1. The fourth-order valence-electron chi connectivity index (χ4n) is 2.73. The van der Waals surface area contributed by atoms with Crippen LogP contribution in [0.5, 0.6) is 0 Å². The zero-order valence-electron chi connectivity index (χ0n) is 12.8. The van der Waals surface area contributed by atoms with Gasteiger partial charge in [0, 0.05) is 5.56 Å². The molecule has 1 aromatic carbocycles. The van der Waals surface area contributed by atoms with Crippen molar-refractivity contribution in [3.05, 3.63) is 47.0 Å². The molecule has 0 saturated carbocycles. The lowest BCUT2D eigenvalue weighted by atomic mass is 9.96. The predicted octanol–water partition coefficient (Wildman–Crippen LogP) is -0.334. The van der Waals surface area contributed by atoms with Crippen LogP contribution in [0.2, 0.25) is 0 Å². The quantitative estimate of drug-likeness (QED) is 0.599. The van der Waals surface area contributed by atoms with Crippen LogP contribution < -0.4 is 5.32 Å². The second-order valence-electron chi connectivity index (χ2n) is 5.33. The monoisotopic (exact) mass is 323 g/mol. The summed E-state index contributed by atoms with van der Waals surface area (Å²) >= 11 is 0. The first-order chi connectivity index (χ1) is 11.0. The molecule has 0 saturated heterocycles. The summed E-state index contributed by atoms with van der Waals surface area (Å²) in [7, 11) is 0. The number of rotatable bonds is 7. The van der Waals surface area contributed by atoms with Crippen LogP contribution in [0.15, 0.2) is 35.6 Å². The Morgan fingerprint density at radius 1 is 1.35 bits per heavy atom. The Morgan fingerprint density at radius 3 is 2.65 bits per heavy atom. The van der Waals surface area contributed by atoms with E-state index >= 15 is 0 Å². The van der Waals surface area contributed by atoms with Gasteiger partial charge < -0.3 is 20.4 Å². The molecule has 0 aromatic heterocycles. The Bertz CT molecular complexity index is 645. The second-order valence-corrected chi connectivity index (χ2v) is 5.33. The predicted molar refractivity (Wildman–Crippen MR) is 79.9 cm³/mol. The van der Waals surface area contributed by atoms with E-state index < -0.39 is 29.3 Å². The molecular formula is C16H20FN2O4+. The van der Waals surface area contributed by atoms with E-state index in [0.717, 1.165) is 0 Å². The van der Waals surface area contributed by atoms with Gasteiger partial charge in [-0.25, -0.2) is 4.39 Å². The molecular weight excluding hydrogens is 303 g/mol. The molecule has 1 aliphatic heterocycles. The number of amides is 1. The van der Waals surface area contributed by atoms with Gasteiger partial charge in [-0.3, -0.25) is 9.59 Å². The van der Waals surface area contributed by atoms with E-state index in [1.807, 2.05) is 0 Å². The van der Waals surface area contributed by atoms with E-state index in [2.05, 4.69) is 0 Å². The molecule has 1 heterocycles. The minimum atomic E-state index is -0.927. The number of aliphatic hydroxyl groups is 2. The number of Topliss-reactive ketones (excluding diaryl/α,β-unsaturated/α-hetero) is 1. The van der Waals surface area contributed by atoms with Crippen molar-refractivity contribution in [2.45, 2.75) is 13.0 Å². The smallest absolute Gasteiger partial charge is 0.290 e. The highest BCUT2D eigenvalue weighted by molar-refractivity contribution is 6.08. The van der Waals surface area contributed by atoms with Crippen molar-refractivity contribution in [1.82, 2.24) is 4.90 Å². The Labute approximate surface area is 133 Å². The van der Waals surface area contributed by atoms with Crippen molar-refractivity contribution in [2.24, 2.45) is 0 Å². The number of aliphatic hydroxyl groups excluding tert-OH is 2. The van der Waals surface area contributed by atoms with Crippen LogP contribution >= 0.6 is 0 Å². The van der Waals surface area contributed by atoms with E-state index in [1.54, 1.807) is 11.4 Å². The van der Waals surface area contributed by atoms with Gasteiger partial charge in [-0.15, -0.1) is 0 Å². The minimum Gasteiger partial charge on any atom is -0.503 e. The summed E-state index contributed by atoms with van der Waals surface area (Å²) in [6.07, 6.45) is 0. The summed E-state index contributed by atoms with van der Waals surface area (Å²) in [6.45, 7) is 2.42. The number of carbonyl (C=O) groups excluding carboxylic acids is 2. The van der Waals surface area contributed by atoms with Gasteiger partial charge in [0.1, 0.15) is 5.82 Å². The molecule has 0 unspecified atom stereocenters. The number of quaternary nitrogens is 1. The van der Waals surface area contributed by atoms with Gasteiger partial charge in [0.2, 0.25) is 0 Å². The number of nitrogens with zero attached hydrogens (tertiary/aromatic N) is 1. The average Bonchev–Trinajstić information content (AvgIpc) is 2.76. The minimum absolute atomic E-state index is 0.00683. The summed E-state index contributed by atoms with van der Waals surface area (Å²) < 4.78 is 14.2. The van der Waals surface area contributed by atoms with Crippen molar-refractivity contribution >= 4 is 11.7 Å². The molecule has 0 spiro atoms. The first-order valence-electron chi connectivity index (χ1n) is 7.41. The molecule has 1 atom stereocenters. The number of hydrogen-bond donors (Lipinski definition) is 3. The lowest BCUT2D eigenvalue weighted by molar-refractivity contribution is -0.655. The first kappa shape index (κ1) is 17.1. The normalized spacial score (nSPS) is 18.0. The van der Waals surface area contributed by atoms with Crippen molar-refractivity contribution in [2.75, 3.05) is 26.2 Å². The molecule has 7 heteroatoms. The summed E-state index contributed by atoms with van der Waals surface area (Å²) in [5.41, 5.74) is 0.0968. The van der Waals surface area contributed by atoms with Crippen molar-refractivity contribution in [3.63, 3.8) is 0 Å². The SMILES string of the molecule is CC(=O)C1=C(O)C(=O)N(CC[NH2+]CCO)[C@H]1c1ccccc1F. The van der Waals surface area contributed by atoms with Crippen LogP contribution in [0, 0.1) is 5.82 Å². The maximum Gasteiger partial charge on any atom is 0.290 e. The van der Waals surface area contributed by atoms with E-state index in [-0.39, 0.29) is 24.3 Å². The highest BCUT2D eigenvalue weighted by Gasteiger charge is 2.43. The molecule has 1 aliphatic rings. The molecule has 4 N–H and O–H groups in total. The first-order valence-corrected chi connectivity index (χ1v) is 7.41. The maximum atomic E-state index is 14.2. The van der Waals surface area contributed by atoms with Crippen molar-refractivity contribution in [3.8, 4) is 0 Å². The Kier molecular flexibility index (Phi) is 5.46. The summed E-state index contributed by atoms with van der Waals surface area (Å²) in [5.74, 6) is -2.30. The highest BCUT2D eigenvalue weighted by atomic mass is 19.1. The van der Waals surface area contributed by atoms with Gasteiger partial charge in [-0.2, -0.15) is 0 Å². The van der Waals surface area contributed by atoms with Crippen LogP contribution in [-0.4, -0.2) is 53.0 Å². The molecule has 6 nitrogen and oxygen atoms in total. The molecule has 23 heavy (non-hydrogen) atoms. The molecule has 0 aliphatic carbocycles. The van der Waals surface area contributed by atoms with E-state index in [4.69, 9.17) is 5.11 Å². The van der Waals surface area contributed by atoms with Gasteiger partial charge >= 0.3 is 0 Å². The molecule has 0 radical (unpaired) electrons. The van der Waals surface area contributed by atoms with Crippen molar-refractivity contribution < 1.29 is 29.5 Å². The standard InChI is InChI=1S/C16H19FN2O4/c1-10(21)13-14(11-4-2-3-5-12(11)17)19(16(23)15(13)22)8-6-18-7-9-20/h2-5,14,18,20,22H,6-9H2,1H3/p+1/t14-/m0/s1. The number of carbonyl (C=O) groups is 2. The fourth-order valence-corrected chi connectivity index (χ4v) is 2.73.